The van der Waals surface area contributed by atoms with E-state index >= 15 is 0 Å². The molecule has 0 amide bonds. The van der Waals surface area contributed by atoms with Crippen molar-refractivity contribution in [3.63, 3.8) is 0 Å². The topological polar surface area (TPSA) is 9.23 Å². The monoisotopic (exact) mass is 552 g/mol. The molecule has 164 valence electrons. The van der Waals surface area contributed by atoms with E-state index in [1.807, 2.05) is 0 Å². The number of halogens is 1. The molecule has 0 aliphatic rings. The first-order valence-corrected chi connectivity index (χ1v) is 12.7. The normalized spacial score (nSPS) is 11.0. The predicted molar refractivity (Wildman–Crippen MR) is 136 cm³/mol. The van der Waals surface area contributed by atoms with Crippen molar-refractivity contribution < 1.29 is 28.7 Å². The lowest BCUT2D eigenvalue weighted by Gasteiger charge is -2.28. The minimum Gasteiger partial charge on any atom is -1.00 e. The summed E-state index contributed by atoms with van der Waals surface area (Å²) in [5.41, 5.74) is 5.24. The lowest BCUT2D eigenvalue weighted by Crippen LogP contribution is -3.00. The third-order valence-corrected chi connectivity index (χ3v) is 10.2. The second-order valence-electron chi connectivity index (χ2n) is 8.33. The maximum atomic E-state index is 5.41. The number of rotatable bonds is 6. The van der Waals surface area contributed by atoms with Gasteiger partial charge in [0.1, 0.15) is 28.9 Å². The Balaban J connectivity index is 0.00000289. The standard InChI is InChI=1S/C29H30OP.HI/c1-22-8-5-11-27(18-22)31(28-12-6-9-23(2)19-28,29-13-7-10-24(3)20-29)21-25-14-16-26(30-4)17-15-25;/h5-20H,21H2,1-4H3;1H/q+1;/p-1. The van der Waals surface area contributed by atoms with Gasteiger partial charge in [-0.2, -0.15) is 0 Å². The van der Waals surface area contributed by atoms with Crippen LogP contribution >= 0.6 is 7.26 Å². The van der Waals surface area contributed by atoms with Crippen molar-refractivity contribution in [2.75, 3.05) is 7.11 Å². The molecule has 0 aliphatic carbocycles. The highest BCUT2D eigenvalue weighted by Gasteiger charge is 2.45. The Kier molecular flexibility index (Phi) is 8.14. The first-order valence-electron chi connectivity index (χ1n) is 10.7. The molecule has 0 saturated heterocycles. The number of ether oxygens (including phenoxy) is 1. The molecule has 0 N–H and O–H groups in total. The van der Waals surface area contributed by atoms with Gasteiger partial charge in [-0.15, -0.1) is 0 Å². The molecule has 4 aromatic carbocycles. The van der Waals surface area contributed by atoms with Crippen LogP contribution < -0.4 is 44.6 Å². The van der Waals surface area contributed by atoms with E-state index < -0.39 is 7.26 Å². The Morgan fingerprint density at radius 1 is 0.594 bits per heavy atom. The average molecular weight is 552 g/mol. The fourth-order valence-corrected chi connectivity index (χ4v) is 8.82. The van der Waals surface area contributed by atoms with E-state index in [9.17, 15) is 0 Å². The summed E-state index contributed by atoms with van der Waals surface area (Å²) in [7, 11) is -0.200. The van der Waals surface area contributed by atoms with Gasteiger partial charge >= 0.3 is 0 Å². The van der Waals surface area contributed by atoms with Gasteiger partial charge in [0, 0.05) is 0 Å². The molecule has 0 aliphatic heterocycles. The fraction of sp³-hybridized carbons (Fsp3) is 0.172. The van der Waals surface area contributed by atoms with E-state index in [0.717, 1.165) is 11.9 Å². The summed E-state index contributed by atoms with van der Waals surface area (Å²) in [4.78, 5) is 0. The second-order valence-corrected chi connectivity index (χ2v) is 11.8. The predicted octanol–water partition coefficient (Wildman–Crippen LogP) is 3.12. The highest BCUT2D eigenvalue weighted by Crippen LogP contribution is 2.58. The summed E-state index contributed by atoms with van der Waals surface area (Å²) in [6.07, 6.45) is 0.980. The minimum atomic E-state index is -1.92. The fourth-order valence-electron chi connectivity index (χ4n) is 4.32. The van der Waals surface area contributed by atoms with Crippen molar-refractivity contribution in [1.82, 2.24) is 0 Å². The molecule has 1 nitrogen and oxygen atoms in total. The van der Waals surface area contributed by atoms with Crippen molar-refractivity contribution in [2.45, 2.75) is 26.9 Å². The van der Waals surface area contributed by atoms with Crippen LogP contribution in [0.5, 0.6) is 5.75 Å². The van der Waals surface area contributed by atoms with Crippen LogP contribution in [0.15, 0.2) is 97.1 Å². The van der Waals surface area contributed by atoms with Crippen LogP contribution in [0.2, 0.25) is 0 Å². The number of methoxy groups -OCH3 is 1. The van der Waals surface area contributed by atoms with E-state index in [2.05, 4.69) is 118 Å². The molecule has 0 spiro atoms. The molecule has 32 heavy (non-hydrogen) atoms. The zero-order valence-corrected chi connectivity index (χ0v) is 22.2. The van der Waals surface area contributed by atoms with Crippen molar-refractivity contribution in [3.8, 4) is 5.75 Å². The van der Waals surface area contributed by atoms with Crippen LogP contribution in [-0.2, 0) is 6.16 Å². The molecule has 0 bridgehead atoms. The van der Waals surface area contributed by atoms with Gasteiger partial charge in [-0.05, 0) is 91.6 Å². The van der Waals surface area contributed by atoms with Crippen LogP contribution in [0.4, 0.5) is 0 Å². The largest absolute Gasteiger partial charge is 1.00 e. The van der Waals surface area contributed by atoms with E-state index in [4.69, 9.17) is 4.74 Å². The van der Waals surface area contributed by atoms with E-state index in [1.165, 1.54) is 38.2 Å². The van der Waals surface area contributed by atoms with Gasteiger partial charge in [0.25, 0.3) is 0 Å². The van der Waals surface area contributed by atoms with Gasteiger partial charge < -0.3 is 28.7 Å². The zero-order valence-electron chi connectivity index (χ0n) is 19.2. The molecule has 0 fully saturated rings. The maximum absolute atomic E-state index is 5.41. The Labute approximate surface area is 210 Å². The number of aryl methyl sites for hydroxylation is 3. The summed E-state index contributed by atoms with van der Waals surface area (Å²) >= 11 is 0. The van der Waals surface area contributed by atoms with Gasteiger partial charge in [-0.25, -0.2) is 0 Å². The molecular weight excluding hydrogens is 522 g/mol. The summed E-state index contributed by atoms with van der Waals surface area (Å²) in [6.45, 7) is 6.58. The first-order chi connectivity index (χ1) is 15.0. The Morgan fingerprint density at radius 2 is 1.00 bits per heavy atom. The van der Waals surface area contributed by atoms with Crippen molar-refractivity contribution in [2.24, 2.45) is 0 Å². The molecule has 4 rings (SSSR count). The van der Waals surface area contributed by atoms with E-state index in [0.29, 0.717) is 0 Å². The van der Waals surface area contributed by atoms with Crippen LogP contribution in [0.25, 0.3) is 0 Å². The summed E-state index contributed by atoms with van der Waals surface area (Å²) in [6, 6.07) is 35.9. The molecule has 0 unspecified atom stereocenters. The van der Waals surface area contributed by atoms with Gasteiger partial charge in [0.2, 0.25) is 0 Å². The zero-order chi connectivity index (χ0) is 21.8. The highest BCUT2D eigenvalue weighted by molar-refractivity contribution is 7.95. The minimum absolute atomic E-state index is 0. The van der Waals surface area contributed by atoms with Crippen molar-refractivity contribution in [1.29, 1.82) is 0 Å². The molecule has 0 heterocycles. The van der Waals surface area contributed by atoms with E-state index in [1.54, 1.807) is 7.11 Å². The average Bonchev–Trinajstić information content (AvgIpc) is 2.78. The molecule has 0 radical (unpaired) electrons. The number of hydrogen-bond donors (Lipinski definition) is 0. The van der Waals surface area contributed by atoms with Crippen LogP contribution in [0, 0.1) is 20.8 Å². The third-order valence-electron chi connectivity index (χ3n) is 5.91. The molecular formula is C29H30IOP. The molecule has 0 atom stereocenters. The first kappa shape index (κ1) is 24.5. The Morgan fingerprint density at radius 3 is 1.34 bits per heavy atom. The number of benzene rings is 4. The Bertz CT molecular complexity index is 1070. The van der Waals surface area contributed by atoms with Gasteiger partial charge in [0.05, 0.1) is 13.3 Å². The lowest BCUT2D eigenvalue weighted by molar-refractivity contribution is -0.00000667. The van der Waals surface area contributed by atoms with Crippen molar-refractivity contribution >= 4 is 23.2 Å². The number of hydrogen-bond acceptors (Lipinski definition) is 1. The highest BCUT2D eigenvalue weighted by atomic mass is 127. The van der Waals surface area contributed by atoms with Crippen LogP contribution in [0.1, 0.15) is 22.3 Å². The quantitative estimate of drug-likeness (QED) is 0.264. The molecule has 0 aromatic heterocycles. The molecule has 4 aromatic rings. The van der Waals surface area contributed by atoms with Crippen LogP contribution in [-0.4, -0.2) is 7.11 Å². The van der Waals surface area contributed by atoms with E-state index in [-0.39, 0.29) is 24.0 Å². The summed E-state index contributed by atoms with van der Waals surface area (Å²) < 4.78 is 5.41. The van der Waals surface area contributed by atoms with Gasteiger partial charge in [0.15, 0.2) is 0 Å². The van der Waals surface area contributed by atoms with Crippen LogP contribution in [0.3, 0.4) is 0 Å². The summed E-state index contributed by atoms with van der Waals surface area (Å²) in [5.74, 6) is 0.898. The molecule has 0 saturated carbocycles. The van der Waals surface area contributed by atoms with Gasteiger partial charge in [-0.1, -0.05) is 48.5 Å². The maximum Gasteiger partial charge on any atom is 0.118 e. The Hall–Kier alpha value is -2.16. The second kappa shape index (κ2) is 10.6. The van der Waals surface area contributed by atoms with Crippen molar-refractivity contribution in [3.05, 3.63) is 119 Å². The smallest absolute Gasteiger partial charge is 0.118 e. The third kappa shape index (κ3) is 5.08. The molecule has 3 heteroatoms. The van der Waals surface area contributed by atoms with Gasteiger partial charge in [-0.3, -0.25) is 0 Å². The lowest BCUT2D eigenvalue weighted by atomic mass is 10.2. The SMILES string of the molecule is COc1ccc(C[P+](c2cccc(C)c2)(c2cccc(C)c2)c2cccc(C)c2)cc1.[I-]. The summed E-state index contributed by atoms with van der Waals surface area (Å²) in [5, 5.41) is 4.29.